The summed E-state index contributed by atoms with van der Waals surface area (Å²) in [5, 5.41) is 4.21. The van der Waals surface area contributed by atoms with E-state index in [-0.39, 0.29) is 10.8 Å². The summed E-state index contributed by atoms with van der Waals surface area (Å²) >= 11 is 5.75. The van der Waals surface area contributed by atoms with E-state index in [1.54, 1.807) is 6.07 Å². The van der Waals surface area contributed by atoms with Gasteiger partial charge in [-0.15, -0.1) is 0 Å². The molecule has 0 saturated heterocycles. The second-order valence-corrected chi connectivity index (χ2v) is 5.22. The van der Waals surface area contributed by atoms with Crippen LogP contribution in [0.15, 0.2) is 28.8 Å². The van der Waals surface area contributed by atoms with Crippen LogP contribution < -0.4 is 4.74 Å². The van der Waals surface area contributed by atoms with Gasteiger partial charge in [0.05, 0.1) is 0 Å². The van der Waals surface area contributed by atoms with Crippen molar-refractivity contribution in [2.45, 2.75) is 25.9 Å². The van der Waals surface area contributed by atoms with Gasteiger partial charge in [0, 0.05) is 18.1 Å². The number of ether oxygens (including phenoxy) is 1. The van der Waals surface area contributed by atoms with Crippen LogP contribution in [0.2, 0.25) is 5.22 Å². The van der Waals surface area contributed by atoms with Gasteiger partial charge in [-0.1, -0.05) is 17.3 Å². The zero-order valence-electron chi connectivity index (χ0n) is 9.66. The molecule has 3 rings (SSSR count). The van der Waals surface area contributed by atoms with E-state index in [0.717, 1.165) is 17.7 Å². The monoisotopic (exact) mass is 249 g/mol. The van der Waals surface area contributed by atoms with E-state index >= 15 is 0 Å². The first-order chi connectivity index (χ1) is 8.05. The van der Waals surface area contributed by atoms with Gasteiger partial charge in [-0.2, -0.15) is 0 Å². The van der Waals surface area contributed by atoms with Gasteiger partial charge in [-0.25, -0.2) is 0 Å². The molecule has 0 amide bonds. The average Bonchev–Trinajstić information content (AvgIpc) is 2.78. The summed E-state index contributed by atoms with van der Waals surface area (Å²) in [5.74, 6) is 0.891. The van der Waals surface area contributed by atoms with Crippen LogP contribution in [0.5, 0.6) is 5.75 Å². The summed E-state index contributed by atoms with van der Waals surface area (Å²) in [6.45, 7) is 4.15. The first-order valence-corrected chi connectivity index (χ1v) is 5.86. The van der Waals surface area contributed by atoms with Crippen molar-refractivity contribution in [2.24, 2.45) is 0 Å². The lowest BCUT2D eigenvalue weighted by molar-refractivity contribution is 0.139. The zero-order chi connectivity index (χ0) is 12.0. The first kappa shape index (κ1) is 10.7. The van der Waals surface area contributed by atoms with Gasteiger partial charge in [0.25, 0.3) is 0 Å². The van der Waals surface area contributed by atoms with Crippen LogP contribution in [0.1, 0.15) is 19.4 Å². The lowest BCUT2D eigenvalue weighted by Crippen LogP contribution is -2.24. The number of rotatable bonds is 1. The Labute approximate surface area is 104 Å². The number of halogens is 1. The number of hydrogen-bond acceptors (Lipinski definition) is 3. The van der Waals surface area contributed by atoms with E-state index in [0.29, 0.717) is 5.69 Å². The third-order valence-electron chi connectivity index (χ3n) is 2.85. The fourth-order valence-electron chi connectivity index (χ4n) is 2.20. The Kier molecular flexibility index (Phi) is 2.20. The highest BCUT2D eigenvalue weighted by atomic mass is 35.5. The number of hydrogen-bond donors (Lipinski definition) is 0. The second-order valence-electron chi connectivity index (χ2n) is 4.85. The zero-order valence-corrected chi connectivity index (χ0v) is 10.4. The molecule has 0 spiro atoms. The summed E-state index contributed by atoms with van der Waals surface area (Å²) in [6, 6.07) is 7.75. The van der Waals surface area contributed by atoms with Crippen molar-refractivity contribution < 1.29 is 9.26 Å². The molecule has 1 aromatic carbocycles. The third kappa shape index (κ3) is 1.80. The number of benzene rings is 1. The lowest BCUT2D eigenvalue weighted by atomic mass is 10.00. The van der Waals surface area contributed by atoms with Gasteiger partial charge >= 0.3 is 0 Å². The van der Waals surface area contributed by atoms with Gasteiger partial charge in [0.15, 0.2) is 0 Å². The molecule has 0 N–H and O–H groups in total. The SMILES string of the molecule is CC1(C)Cc2cccc(-c3cc(Cl)on3)c2O1. The highest BCUT2D eigenvalue weighted by Gasteiger charge is 2.32. The fraction of sp³-hybridized carbons (Fsp3) is 0.308. The van der Waals surface area contributed by atoms with E-state index in [2.05, 4.69) is 25.1 Å². The van der Waals surface area contributed by atoms with Crippen molar-refractivity contribution in [3.63, 3.8) is 0 Å². The minimum atomic E-state index is -0.161. The standard InChI is InChI=1S/C13H12ClNO2/c1-13(2)7-8-4-3-5-9(12(8)16-13)10-6-11(14)17-15-10/h3-6H,7H2,1-2H3. The van der Waals surface area contributed by atoms with Gasteiger partial charge in [-0.05, 0) is 37.1 Å². The Morgan fingerprint density at radius 2 is 2.18 bits per heavy atom. The molecule has 0 bridgehead atoms. The molecule has 2 heterocycles. The van der Waals surface area contributed by atoms with Crippen molar-refractivity contribution in [1.29, 1.82) is 0 Å². The first-order valence-electron chi connectivity index (χ1n) is 5.49. The summed E-state index contributed by atoms with van der Waals surface area (Å²) in [7, 11) is 0. The van der Waals surface area contributed by atoms with Crippen LogP contribution in [-0.2, 0) is 6.42 Å². The van der Waals surface area contributed by atoms with E-state index < -0.39 is 0 Å². The molecule has 17 heavy (non-hydrogen) atoms. The molecule has 3 nitrogen and oxygen atoms in total. The molecule has 0 aliphatic carbocycles. The number of aromatic nitrogens is 1. The summed E-state index contributed by atoms with van der Waals surface area (Å²) in [6.07, 6.45) is 0.905. The summed E-state index contributed by atoms with van der Waals surface area (Å²) < 4.78 is 10.9. The van der Waals surface area contributed by atoms with Crippen LogP contribution in [0.4, 0.5) is 0 Å². The Bertz CT molecular complexity index is 575. The molecular formula is C13H12ClNO2. The molecule has 0 fully saturated rings. The number of nitrogens with zero attached hydrogens (tertiary/aromatic N) is 1. The maximum Gasteiger partial charge on any atom is 0.226 e. The van der Waals surface area contributed by atoms with E-state index in [4.69, 9.17) is 20.9 Å². The topological polar surface area (TPSA) is 35.3 Å². The molecule has 1 aromatic heterocycles. The molecule has 1 aliphatic rings. The molecule has 0 radical (unpaired) electrons. The maximum absolute atomic E-state index is 5.96. The molecule has 4 heteroatoms. The van der Waals surface area contributed by atoms with E-state index in [1.165, 1.54) is 5.56 Å². The minimum absolute atomic E-state index is 0.161. The van der Waals surface area contributed by atoms with Gasteiger partial charge in [0.2, 0.25) is 5.22 Å². The molecule has 2 aromatic rings. The van der Waals surface area contributed by atoms with Crippen LogP contribution in [0.3, 0.4) is 0 Å². The lowest BCUT2D eigenvalue weighted by Gasteiger charge is -2.17. The quantitative estimate of drug-likeness (QED) is 0.773. The predicted octanol–water partition coefficient (Wildman–Crippen LogP) is 3.71. The molecule has 1 aliphatic heterocycles. The second kappa shape index (κ2) is 3.50. The smallest absolute Gasteiger partial charge is 0.226 e. The van der Waals surface area contributed by atoms with Crippen LogP contribution in [0.25, 0.3) is 11.3 Å². The van der Waals surface area contributed by atoms with E-state index in [1.807, 2.05) is 12.1 Å². The molecule has 0 atom stereocenters. The maximum atomic E-state index is 5.96. The van der Waals surface area contributed by atoms with Crippen LogP contribution in [0, 0.1) is 0 Å². The van der Waals surface area contributed by atoms with Crippen LogP contribution in [-0.4, -0.2) is 10.8 Å². The van der Waals surface area contributed by atoms with Crippen LogP contribution >= 0.6 is 11.6 Å². The Balaban J connectivity index is 2.12. The minimum Gasteiger partial charge on any atom is -0.487 e. The largest absolute Gasteiger partial charge is 0.487 e. The molecule has 0 saturated carbocycles. The molecular weight excluding hydrogens is 238 g/mol. The van der Waals surface area contributed by atoms with Crippen molar-refractivity contribution in [1.82, 2.24) is 5.16 Å². The van der Waals surface area contributed by atoms with Gasteiger partial charge in [-0.3, -0.25) is 0 Å². The van der Waals surface area contributed by atoms with Crippen molar-refractivity contribution in [3.8, 4) is 17.0 Å². The van der Waals surface area contributed by atoms with Gasteiger partial charge in [0.1, 0.15) is 17.0 Å². The summed E-state index contributed by atoms with van der Waals surface area (Å²) in [5.41, 5.74) is 2.69. The Hall–Kier alpha value is -1.48. The molecule has 0 unspecified atom stereocenters. The van der Waals surface area contributed by atoms with Crippen molar-refractivity contribution in [3.05, 3.63) is 35.0 Å². The number of para-hydroxylation sites is 1. The highest BCUT2D eigenvalue weighted by molar-refractivity contribution is 6.29. The van der Waals surface area contributed by atoms with E-state index in [9.17, 15) is 0 Å². The third-order valence-corrected chi connectivity index (χ3v) is 3.03. The summed E-state index contributed by atoms with van der Waals surface area (Å²) in [4.78, 5) is 0. The Morgan fingerprint density at radius 3 is 2.88 bits per heavy atom. The normalized spacial score (nSPS) is 16.6. The average molecular weight is 250 g/mol. The molecule has 88 valence electrons. The van der Waals surface area contributed by atoms with Gasteiger partial charge < -0.3 is 9.26 Å². The Morgan fingerprint density at radius 1 is 1.35 bits per heavy atom. The fourth-order valence-corrected chi connectivity index (χ4v) is 2.34. The highest BCUT2D eigenvalue weighted by Crippen LogP contribution is 2.42. The van der Waals surface area contributed by atoms with Crippen molar-refractivity contribution >= 4 is 11.6 Å². The number of fused-ring (bicyclic) bond motifs is 1. The predicted molar refractivity (Wildman–Crippen MR) is 65.4 cm³/mol. The van der Waals surface area contributed by atoms with Crippen molar-refractivity contribution in [2.75, 3.05) is 0 Å².